The molecule has 1 aliphatic rings. The van der Waals surface area contributed by atoms with Crippen molar-refractivity contribution in [2.24, 2.45) is 0 Å². The van der Waals surface area contributed by atoms with E-state index in [1.165, 1.54) is 59.4 Å². The van der Waals surface area contributed by atoms with Gasteiger partial charge in [-0.2, -0.15) is 8.42 Å². The fourth-order valence-corrected chi connectivity index (χ4v) is 4.53. The number of benzene rings is 4. The third kappa shape index (κ3) is 4.67. The number of hydrogen-bond acceptors (Lipinski definition) is 2. The molecule has 3 nitrogen and oxygen atoms in total. The summed E-state index contributed by atoms with van der Waals surface area (Å²) in [7, 11) is -4.02. The Morgan fingerprint density at radius 3 is 2.13 bits per heavy atom. The van der Waals surface area contributed by atoms with E-state index in [0.717, 1.165) is 5.56 Å². The highest BCUT2D eigenvalue weighted by atomic mass is 35.5. The summed E-state index contributed by atoms with van der Waals surface area (Å²) in [6.45, 7) is 1.84. The van der Waals surface area contributed by atoms with Crippen molar-refractivity contribution in [1.82, 2.24) is 0 Å². The van der Waals surface area contributed by atoms with Crippen LogP contribution in [0.2, 0.25) is 0 Å². The first-order valence-electron chi connectivity index (χ1n) is 9.90. The van der Waals surface area contributed by atoms with Crippen LogP contribution in [0, 0.1) is 6.92 Å². The summed E-state index contributed by atoms with van der Waals surface area (Å²) in [6, 6.07) is 24.0. The van der Waals surface area contributed by atoms with Gasteiger partial charge in [0.05, 0.1) is 4.90 Å². The standard InChI is InChI=1S/C18H16.C7H8O3S.ClH/c1-3-7-15-13(5-1)9-11-18-16-8-4-2-6-14(16)10-12-17(15)18;1-6-2-4-7(5-3-6)11(8,9)10;/h1,3,5,7,9-12H,2,4,6,8H2;2-5H,1H3,(H,8,9,10);1H. The first kappa shape index (κ1) is 22.3. The summed E-state index contributed by atoms with van der Waals surface area (Å²) in [6.07, 6.45) is 5.22. The minimum atomic E-state index is -4.02. The van der Waals surface area contributed by atoms with Crippen LogP contribution in [0.4, 0.5) is 0 Å². The second kappa shape index (κ2) is 9.17. The van der Waals surface area contributed by atoms with Gasteiger partial charge in [0.25, 0.3) is 10.1 Å². The lowest BCUT2D eigenvalue weighted by molar-refractivity contribution is 0.483. The van der Waals surface area contributed by atoms with Gasteiger partial charge in [-0.25, -0.2) is 0 Å². The monoisotopic (exact) mass is 440 g/mol. The number of rotatable bonds is 1. The Kier molecular flexibility index (Phi) is 6.81. The van der Waals surface area contributed by atoms with Crippen LogP contribution >= 0.6 is 12.4 Å². The van der Waals surface area contributed by atoms with Gasteiger partial charge in [-0.1, -0.05) is 66.2 Å². The van der Waals surface area contributed by atoms with Crippen molar-refractivity contribution in [2.75, 3.05) is 0 Å². The molecule has 0 unspecified atom stereocenters. The largest absolute Gasteiger partial charge is 0.294 e. The summed E-state index contributed by atoms with van der Waals surface area (Å²) in [5, 5.41) is 5.64. The van der Waals surface area contributed by atoms with Gasteiger partial charge in [0, 0.05) is 0 Å². The van der Waals surface area contributed by atoms with Crippen molar-refractivity contribution < 1.29 is 13.0 Å². The topological polar surface area (TPSA) is 54.4 Å². The molecule has 1 N–H and O–H groups in total. The van der Waals surface area contributed by atoms with Crippen molar-refractivity contribution in [3.8, 4) is 0 Å². The lowest BCUT2D eigenvalue weighted by atomic mass is 9.86. The maximum Gasteiger partial charge on any atom is 0.294 e. The van der Waals surface area contributed by atoms with Gasteiger partial charge in [0.15, 0.2) is 0 Å². The molecule has 0 saturated carbocycles. The zero-order chi connectivity index (χ0) is 20.4. The Hall–Kier alpha value is -2.40. The van der Waals surface area contributed by atoms with E-state index in [9.17, 15) is 8.42 Å². The average molecular weight is 441 g/mol. The van der Waals surface area contributed by atoms with Gasteiger partial charge >= 0.3 is 0 Å². The highest BCUT2D eigenvalue weighted by Gasteiger charge is 2.13. The molecule has 5 heteroatoms. The molecule has 0 saturated heterocycles. The van der Waals surface area contributed by atoms with Crippen LogP contribution in [0.25, 0.3) is 21.5 Å². The second-order valence-electron chi connectivity index (χ2n) is 7.58. The van der Waals surface area contributed by atoms with Gasteiger partial charge in [-0.05, 0) is 77.4 Å². The molecule has 156 valence electrons. The summed E-state index contributed by atoms with van der Waals surface area (Å²) in [5.41, 5.74) is 4.13. The summed E-state index contributed by atoms with van der Waals surface area (Å²) in [5.74, 6) is 0. The van der Waals surface area contributed by atoms with Gasteiger partial charge in [-0.15, -0.1) is 12.4 Å². The summed E-state index contributed by atoms with van der Waals surface area (Å²) < 4.78 is 29.6. The summed E-state index contributed by atoms with van der Waals surface area (Å²) >= 11 is 0. The maximum absolute atomic E-state index is 10.5. The molecular formula is C25H25ClO3S. The molecule has 0 heterocycles. The number of halogens is 1. The molecule has 4 aromatic rings. The Bertz CT molecular complexity index is 1280. The average Bonchev–Trinajstić information content (AvgIpc) is 2.73. The number of hydrogen-bond donors (Lipinski definition) is 1. The van der Waals surface area contributed by atoms with E-state index in [1.807, 2.05) is 6.92 Å². The van der Waals surface area contributed by atoms with Crippen molar-refractivity contribution in [3.63, 3.8) is 0 Å². The Labute approximate surface area is 183 Å². The normalized spacial score (nSPS) is 13.1. The first-order valence-corrected chi connectivity index (χ1v) is 11.3. The Balaban J connectivity index is 0.000000186. The molecule has 0 aliphatic heterocycles. The van der Waals surface area contributed by atoms with Crippen LogP contribution in [-0.2, 0) is 23.0 Å². The van der Waals surface area contributed by atoms with E-state index >= 15 is 0 Å². The fourth-order valence-electron chi connectivity index (χ4n) is 4.05. The molecule has 0 radical (unpaired) electrons. The van der Waals surface area contributed by atoms with E-state index in [1.54, 1.807) is 23.3 Å². The van der Waals surface area contributed by atoms with Crippen molar-refractivity contribution in [3.05, 3.63) is 89.5 Å². The maximum atomic E-state index is 10.5. The quantitative estimate of drug-likeness (QED) is 0.270. The lowest BCUT2D eigenvalue weighted by Crippen LogP contribution is -2.02. The Morgan fingerprint density at radius 1 is 0.733 bits per heavy atom. The Morgan fingerprint density at radius 2 is 1.40 bits per heavy atom. The molecule has 0 bridgehead atoms. The van der Waals surface area contributed by atoms with E-state index in [2.05, 4.69) is 48.5 Å². The number of aryl methyl sites for hydroxylation is 3. The number of fused-ring (bicyclic) bond motifs is 5. The molecule has 1 aliphatic carbocycles. The summed E-state index contributed by atoms with van der Waals surface area (Å²) in [4.78, 5) is -0.0666. The minimum absolute atomic E-state index is 0. The fraction of sp³-hybridized carbons (Fsp3) is 0.200. The van der Waals surface area contributed by atoms with Crippen LogP contribution < -0.4 is 0 Å². The van der Waals surface area contributed by atoms with E-state index in [4.69, 9.17) is 4.55 Å². The van der Waals surface area contributed by atoms with Gasteiger partial charge < -0.3 is 0 Å². The zero-order valence-corrected chi connectivity index (χ0v) is 18.5. The molecule has 0 atom stereocenters. The van der Waals surface area contributed by atoms with Crippen LogP contribution in [0.15, 0.2) is 77.7 Å². The highest BCUT2D eigenvalue weighted by molar-refractivity contribution is 7.85. The third-order valence-electron chi connectivity index (χ3n) is 5.58. The first-order chi connectivity index (χ1) is 13.9. The molecule has 4 aromatic carbocycles. The highest BCUT2D eigenvalue weighted by Crippen LogP contribution is 2.33. The minimum Gasteiger partial charge on any atom is -0.282 e. The molecule has 0 amide bonds. The van der Waals surface area contributed by atoms with Crippen LogP contribution in [0.3, 0.4) is 0 Å². The van der Waals surface area contributed by atoms with E-state index in [-0.39, 0.29) is 17.3 Å². The zero-order valence-electron chi connectivity index (χ0n) is 16.8. The van der Waals surface area contributed by atoms with Crippen molar-refractivity contribution >= 4 is 44.1 Å². The van der Waals surface area contributed by atoms with Crippen molar-refractivity contribution in [1.29, 1.82) is 0 Å². The molecule has 5 rings (SSSR count). The van der Waals surface area contributed by atoms with Gasteiger partial charge in [0.1, 0.15) is 0 Å². The van der Waals surface area contributed by atoms with Crippen LogP contribution in [0.5, 0.6) is 0 Å². The second-order valence-corrected chi connectivity index (χ2v) is 9.00. The van der Waals surface area contributed by atoms with Crippen molar-refractivity contribution in [2.45, 2.75) is 37.5 Å². The molecule has 30 heavy (non-hydrogen) atoms. The van der Waals surface area contributed by atoms with Crippen LogP contribution in [0.1, 0.15) is 29.5 Å². The van der Waals surface area contributed by atoms with E-state index in [0.29, 0.717) is 0 Å². The third-order valence-corrected chi connectivity index (χ3v) is 6.44. The molecular weight excluding hydrogens is 416 g/mol. The SMILES string of the molecule is Cc1ccc(S(=O)(=O)O)cc1.Cl.c1ccc2c(c1)ccc1c3c(ccc12)CCCC3. The van der Waals surface area contributed by atoms with Crippen LogP contribution in [-0.4, -0.2) is 13.0 Å². The molecule has 0 aromatic heterocycles. The smallest absolute Gasteiger partial charge is 0.282 e. The van der Waals surface area contributed by atoms with E-state index < -0.39 is 10.1 Å². The van der Waals surface area contributed by atoms with Gasteiger partial charge in [-0.3, -0.25) is 4.55 Å². The molecule has 0 spiro atoms. The molecule has 0 fully saturated rings. The van der Waals surface area contributed by atoms with Gasteiger partial charge in [0.2, 0.25) is 0 Å². The lowest BCUT2D eigenvalue weighted by Gasteiger charge is -2.18. The predicted octanol–water partition coefficient (Wildman–Crippen LogP) is 6.54. The predicted molar refractivity (Wildman–Crippen MR) is 126 cm³/mol.